The first-order valence-corrected chi connectivity index (χ1v) is 11.4. The van der Waals surface area contributed by atoms with Crippen molar-refractivity contribution in [2.45, 2.75) is 65.8 Å². The molecule has 10 nitrogen and oxygen atoms in total. The zero-order valence-corrected chi connectivity index (χ0v) is 23.7. The van der Waals surface area contributed by atoms with Gasteiger partial charge in [0.25, 0.3) is 12.2 Å². The van der Waals surface area contributed by atoms with Crippen molar-refractivity contribution in [1.29, 1.82) is 0 Å². The molecule has 34 heavy (non-hydrogen) atoms. The van der Waals surface area contributed by atoms with Gasteiger partial charge in [0.15, 0.2) is 0 Å². The van der Waals surface area contributed by atoms with Crippen molar-refractivity contribution in [2.75, 3.05) is 32.8 Å². The summed E-state index contributed by atoms with van der Waals surface area (Å²) < 4.78 is 15.0. The predicted octanol–water partition coefficient (Wildman–Crippen LogP) is -1.17. The van der Waals surface area contributed by atoms with E-state index in [0.717, 1.165) is 0 Å². The van der Waals surface area contributed by atoms with E-state index in [1.54, 1.807) is 60.8 Å². The summed E-state index contributed by atoms with van der Waals surface area (Å²) in [4.78, 5) is 44.6. The van der Waals surface area contributed by atoms with Crippen LogP contribution in [0.4, 0.5) is 9.59 Å². The molecule has 0 spiro atoms. The second-order valence-corrected chi connectivity index (χ2v) is 11.2. The van der Waals surface area contributed by atoms with Gasteiger partial charge in [-0.05, 0) is 27.7 Å². The fourth-order valence-corrected chi connectivity index (χ4v) is 4.22. The maximum Gasteiger partial charge on any atom is 0.415 e. The maximum absolute atomic E-state index is 13.7. The first-order valence-electron chi connectivity index (χ1n) is 11.4. The van der Waals surface area contributed by atoms with Gasteiger partial charge in [-0.2, -0.15) is 4.57 Å². The van der Waals surface area contributed by atoms with Crippen LogP contribution < -0.4 is 28.5 Å². The molecule has 0 N–H and O–H groups in total. The number of rotatable bonds is 1. The number of halogens is 1. The van der Waals surface area contributed by atoms with Gasteiger partial charge in [-0.15, -0.1) is 0 Å². The highest BCUT2D eigenvalue weighted by Crippen LogP contribution is 2.39. The quantitative estimate of drug-likeness (QED) is 0.304. The van der Waals surface area contributed by atoms with Crippen LogP contribution in [-0.4, -0.2) is 87.5 Å². The number of nitrogens with zero attached hydrogens (tertiary/aromatic N) is 5. The highest BCUT2D eigenvalue weighted by Gasteiger charge is 2.57. The van der Waals surface area contributed by atoms with E-state index in [4.69, 9.17) is 9.47 Å². The molecule has 1 aromatic heterocycles. The minimum absolute atomic E-state index is 0. The van der Waals surface area contributed by atoms with Gasteiger partial charge in [0, 0.05) is 31.6 Å². The Hall–Kier alpha value is -1.89. The number of carbonyl (C=O) groups excluding carboxylic acids is 3. The molecule has 192 valence electrons. The van der Waals surface area contributed by atoms with Crippen molar-refractivity contribution in [2.24, 2.45) is 12.5 Å². The Labute approximate surface area is 219 Å². The number of carbonyl (C=O) groups is 3. The van der Waals surface area contributed by atoms with Crippen molar-refractivity contribution in [3.05, 3.63) is 18.7 Å². The summed E-state index contributed by atoms with van der Waals surface area (Å²) in [5.41, 5.74) is -2.30. The van der Waals surface area contributed by atoms with Gasteiger partial charge < -0.3 is 43.3 Å². The summed E-state index contributed by atoms with van der Waals surface area (Å²) in [5.74, 6) is -0.195. The number of hydrogen-bond donors (Lipinski definition) is 0. The summed E-state index contributed by atoms with van der Waals surface area (Å²) in [6.45, 7) is 14.7. The lowest BCUT2D eigenvalue weighted by atomic mass is 9.91. The van der Waals surface area contributed by atoms with Crippen molar-refractivity contribution in [1.82, 2.24) is 19.3 Å². The van der Waals surface area contributed by atoms with Crippen molar-refractivity contribution in [3.8, 4) is 0 Å². The average Bonchev–Trinajstić information content (AvgIpc) is 3.29. The molecule has 0 aromatic carbocycles. The standard InChI is InChI=1S/C23H38N5O5.HI/c1-21(2,3)18-28(20(31)33-22(4,5)6)23(7,15-32-18)17(29)25-11-13-26(14-12-25)19(30)27-10-9-24(8)16-27;/h9-10,16,18H,11-15H2,1-8H3;1H/q+1;/p-1/t18-,23+;/m0./s1. The molecule has 0 radical (unpaired) electrons. The van der Waals surface area contributed by atoms with Gasteiger partial charge in [0.2, 0.25) is 0 Å². The monoisotopic (exact) mass is 591 g/mol. The van der Waals surface area contributed by atoms with Crippen LogP contribution in [0, 0.1) is 5.41 Å². The molecule has 0 bridgehead atoms. The van der Waals surface area contributed by atoms with Crippen LogP contribution in [0.15, 0.2) is 18.7 Å². The Morgan fingerprint density at radius 3 is 2.06 bits per heavy atom. The van der Waals surface area contributed by atoms with Crippen LogP contribution >= 0.6 is 0 Å². The fraction of sp³-hybridized carbons (Fsp3) is 0.739. The highest BCUT2D eigenvalue weighted by molar-refractivity contribution is 5.91. The minimum Gasteiger partial charge on any atom is -1.00 e. The van der Waals surface area contributed by atoms with E-state index in [0.29, 0.717) is 26.2 Å². The van der Waals surface area contributed by atoms with E-state index >= 15 is 0 Å². The summed E-state index contributed by atoms with van der Waals surface area (Å²) >= 11 is 0. The third-order valence-electron chi connectivity index (χ3n) is 5.91. The smallest absolute Gasteiger partial charge is 0.415 e. The molecule has 0 saturated carbocycles. The van der Waals surface area contributed by atoms with Crippen LogP contribution in [0.25, 0.3) is 0 Å². The number of imidazole rings is 1. The van der Waals surface area contributed by atoms with Gasteiger partial charge in [-0.25, -0.2) is 14.2 Å². The Morgan fingerprint density at radius 1 is 1.03 bits per heavy atom. The van der Waals surface area contributed by atoms with E-state index < -0.39 is 28.9 Å². The first kappa shape index (κ1) is 28.3. The number of aromatic nitrogens is 2. The van der Waals surface area contributed by atoms with Gasteiger partial charge >= 0.3 is 12.1 Å². The van der Waals surface area contributed by atoms with E-state index in [1.807, 2.05) is 27.8 Å². The zero-order chi connectivity index (χ0) is 24.8. The molecular weight excluding hydrogens is 553 g/mol. The lowest BCUT2D eigenvalue weighted by Gasteiger charge is -2.43. The Morgan fingerprint density at radius 2 is 1.59 bits per heavy atom. The molecule has 2 aliphatic rings. The second kappa shape index (κ2) is 10.00. The number of ether oxygens (including phenoxy) is 2. The Kier molecular flexibility index (Phi) is 8.34. The molecule has 1 aromatic rings. The van der Waals surface area contributed by atoms with E-state index in [1.165, 1.54) is 9.47 Å². The molecular formula is C23H38IN5O5. The summed E-state index contributed by atoms with van der Waals surface area (Å²) in [6.07, 6.45) is 4.06. The molecule has 0 aliphatic carbocycles. The fourth-order valence-electron chi connectivity index (χ4n) is 4.22. The molecule has 2 saturated heterocycles. The van der Waals surface area contributed by atoms with Crippen molar-refractivity contribution in [3.63, 3.8) is 0 Å². The van der Waals surface area contributed by atoms with Gasteiger partial charge in [-0.1, -0.05) is 20.8 Å². The summed E-state index contributed by atoms with van der Waals surface area (Å²) in [7, 11) is 1.85. The van der Waals surface area contributed by atoms with Gasteiger partial charge in [0.05, 0.1) is 13.7 Å². The van der Waals surface area contributed by atoms with E-state index in [9.17, 15) is 14.4 Å². The second-order valence-electron chi connectivity index (χ2n) is 11.2. The van der Waals surface area contributed by atoms with E-state index in [2.05, 4.69) is 0 Å². The largest absolute Gasteiger partial charge is 1.00 e. The molecule has 3 amide bonds. The normalized spacial score (nSPS) is 23.5. The average molecular weight is 591 g/mol. The molecule has 2 atom stereocenters. The van der Waals surface area contributed by atoms with Gasteiger partial charge in [0.1, 0.15) is 29.8 Å². The number of hydrogen-bond acceptors (Lipinski definition) is 5. The molecule has 3 heterocycles. The zero-order valence-electron chi connectivity index (χ0n) is 21.5. The van der Waals surface area contributed by atoms with Crippen molar-refractivity contribution < 1.29 is 52.4 Å². The predicted molar refractivity (Wildman–Crippen MR) is 120 cm³/mol. The van der Waals surface area contributed by atoms with Crippen LogP contribution in [0.2, 0.25) is 0 Å². The molecule has 11 heteroatoms. The van der Waals surface area contributed by atoms with E-state index in [-0.39, 0.29) is 42.5 Å². The molecule has 3 rings (SSSR count). The highest BCUT2D eigenvalue weighted by atomic mass is 127. The molecule has 2 fully saturated rings. The van der Waals surface area contributed by atoms with Crippen LogP contribution in [0.1, 0.15) is 48.5 Å². The topological polar surface area (TPSA) is 88.2 Å². The number of piperazine rings is 1. The maximum atomic E-state index is 13.7. The summed E-state index contributed by atoms with van der Waals surface area (Å²) in [6, 6.07) is -0.124. The van der Waals surface area contributed by atoms with Crippen molar-refractivity contribution >= 4 is 18.0 Å². The Balaban J connectivity index is 0.00000408. The lowest BCUT2D eigenvalue weighted by Crippen LogP contribution is -3.00. The third kappa shape index (κ3) is 5.84. The summed E-state index contributed by atoms with van der Waals surface area (Å²) in [5, 5.41) is 0. The lowest BCUT2D eigenvalue weighted by molar-refractivity contribution is -0.670. The SMILES string of the molecule is C[n+]1ccn(C(=O)N2CCN(C(=O)[C@@]3(C)CO[C@@H](C(C)(C)C)N3C(=O)OC(C)(C)C)CC2)c1.[I-]. The first-order chi connectivity index (χ1) is 15.1. The number of amides is 3. The van der Waals surface area contributed by atoms with Gasteiger partial charge in [-0.3, -0.25) is 9.69 Å². The Bertz CT molecular complexity index is 914. The minimum atomic E-state index is -1.19. The van der Waals surface area contributed by atoms with Crippen LogP contribution in [-0.2, 0) is 21.3 Å². The third-order valence-corrected chi connectivity index (χ3v) is 5.91. The van der Waals surface area contributed by atoms with Crippen LogP contribution in [0.3, 0.4) is 0 Å². The molecule has 2 aliphatic heterocycles. The molecule has 0 unspecified atom stereocenters. The number of aryl methyl sites for hydroxylation is 1. The van der Waals surface area contributed by atoms with Crippen LogP contribution in [0.5, 0.6) is 0 Å².